The Morgan fingerprint density at radius 3 is 1.33 bits per heavy atom. The maximum atomic E-state index is 6.96. The zero-order valence-electron chi connectivity index (χ0n) is 32.3. The zero-order chi connectivity index (χ0) is 39.6. The van der Waals surface area contributed by atoms with Crippen LogP contribution in [0.25, 0.3) is 121 Å². The van der Waals surface area contributed by atoms with Gasteiger partial charge in [0.05, 0.1) is 10.4 Å². The fourth-order valence-corrected chi connectivity index (χ4v) is 10.2. The van der Waals surface area contributed by atoms with Crippen molar-refractivity contribution < 1.29 is 13.3 Å². The van der Waals surface area contributed by atoms with Crippen molar-refractivity contribution in [2.45, 2.75) is 0 Å². The number of para-hydroxylation sites is 1. The van der Waals surface area contributed by atoms with Crippen molar-refractivity contribution in [2.24, 2.45) is 0 Å². The first-order chi connectivity index (χ1) is 29.8. The van der Waals surface area contributed by atoms with E-state index in [1.807, 2.05) is 36.4 Å². The Labute approximate surface area is 350 Å². The lowest BCUT2D eigenvalue weighted by Crippen LogP contribution is -1.83. The molecule has 0 bridgehead atoms. The standard InChI is InChI=1S/C56H34O3S/c1-4-17-36(18-5-1)48-46-29-16-28-40(55(46)60-56(48)54-44-26-13-11-24-42(44)51(59-54)38-21-8-3-9-22-38)35-31-33-39(34-32-35)52-49(45-27-14-15-30-47(45)57-52)53-43-25-12-10-23-41(43)50(58-53)37-19-6-2-7-20-37/h1-34H. The molecule has 0 radical (unpaired) electrons. The largest absolute Gasteiger partial charge is 0.455 e. The number of hydrogen-bond donors (Lipinski definition) is 0. The molecular weight excluding hydrogens is 753 g/mol. The van der Waals surface area contributed by atoms with Crippen molar-refractivity contribution in [1.29, 1.82) is 0 Å². The summed E-state index contributed by atoms with van der Waals surface area (Å²) in [6.45, 7) is 0. The molecule has 0 aliphatic rings. The van der Waals surface area contributed by atoms with Crippen LogP contribution in [0.3, 0.4) is 0 Å². The Bertz CT molecular complexity index is 3510. The Balaban J connectivity index is 1.02. The minimum Gasteiger partial charge on any atom is -0.455 e. The number of rotatable bonds is 7. The minimum absolute atomic E-state index is 0.781. The van der Waals surface area contributed by atoms with Crippen LogP contribution in [-0.2, 0) is 0 Å². The Kier molecular flexibility index (Phi) is 8.03. The molecule has 4 heteroatoms. The normalized spacial score (nSPS) is 11.7. The molecule has 8 aromatic carbocycles. The SMILES string of the molecule is c1ccc(-c2oc(-c3sc4c(-c5ccc(-c6oc7ccccc7c6-c6oc(-c7ccccc7)c7ccccc67)cc5)cccc4c3-c3ccccc3)c3ccccc23)cc1. The van der Waals surface area contributed by atoms with E-state index in [0.29, 0.717) is 0 Å². The van der Waals surface area contributed by atoms with Crippen molar-refractivity contribution in [3.8, 4) is 78.2 Å². The van der Waals surface area contributed by atoms with Crippen molar-refractivity contribution in [2.75, 3.05) is 0 Å². The molecule has 0 atom stereocenters. The molecule has 0 amide bonds. The van der Waals surface area contributed by atoms with E-state index >= 15 is 0 Å². The third-order valence-electron chi connectivity index (χ3n) is 11.6. The van der Waals surface area contributed by atoms with E-state index in [4.69, 9.17) is 13.3 Å². The molecule has 0 spiro atoms. The maximum Gasteiger partial charge on any atom is 0.153 e. The van der Waals surface area contributed by atoms with Gasteiger partial charge in [0, 0.05) is 59.3 Å². The van der Waals surface area contributed by atoms with E-state index < -0.39 is 0 Å². The summed E-state index contributed by atoms with van der Waals surface area (Å²) in [7, 11) is 0. The fourth-order valence-electron chi connectivity index (χ4n) is 8.82. The van der Waals surface area contributed by atoms with Gasteiger partial charge in [-0.1, -0.05) is 200 Å². The average Bonchev–Trinajstić information content (AvgIpc) is 4.10. The van der Waals surface area contributed by atoms with Gasteiger partial charge in [-0.3, -0.25) is 0 Å². The number of hydrogen-bond acceptors (Lipinski definition) is 4. The van der Waals surface area contributed by atoms with Gasteiger partial charge in [-0.05, 0) is 22.8 Å². The molecule has 0 aliphatic heterocycles. The Morgan fingerprint density at radius 1 is 0.267 bits per heavy atom. The lowest BCUT2D eigenvalue weighted by atomic mass is 9.96. The summed E-state index contributed by atoms with van der Waals surface area (Å²) in [6, 6.07) is 72.1. The van der Waals surface area contributed by atoms with Gasteiger partial charge in [0.2, 0.25) is 0 Å². The molecular formula is C56H34O3S. The lowest BCUT2D eigenvalue weighted by Gasteiger charge is -2.07. The number of fused-ring (bicyclic) bond motifs is 4. The number of furan rings is 3. The van der Waals surface area contributed by atoms with Crippen molar-refractivity contribution in [3.05, 3.63) is 206 Å². The van der Waals surface area contributed by atoms with Crippen LogP contribution in [0.5, 0.6) is 0 Å². The number of benzene rings is 8. The molecule has 0 aliphatic carbocycles. The molecule has 4 aromatic heterocycles. The van der Waals surface area contributed by atoms with Gasteiger partial charge in [0.25, 0.3) is 0 Å². The van der Waals surface area contributed by atoms with Crippen LogP contribution in [-0.4, -0.2) is 0 Å². The van der Waals surface area contributed by atoms with Gasteiger partial charge in [-0.15, -0.1) is 11.3 Å². The van der Waals surface area contributed by atoms with Gasteiger partial charge >= 0.3 is 0 Å². The summed E-state index contributed by atoms with van der Waals surface area (Å²) in [6.07, 6.45) is 0. The fraction of sp³-hybridized carbons (Fsp3) is 0. The predicted molar refractivity (Wildman–Crippen MR) is 249 cm³/mol. The zero-order valence-corrected chi connectivity index (χ0v) is 33.1. The highest BCUT2D eigenvalue weighted by atomic mass is 32.1. The van der Waals surface area contributed by atoms with Gasteiger partial charge in [-0.2, -0.15) is 0 Å². The quantitative estimate of drug-likeness (QED) is 0.162. The molecule has 4 heterocycles. The summed E-state index contributed by atoms with van der Waals surface area (Å²) in [5.41, 5.74) is 9.48. The average molecular weight is 787 g/mol. The van der Waals surface area contributed by atoms with Crippen molar-refractivity contribution in [3.63, 3.8) is 0 Å². The van der Waals surface area contributed by atoms with Gasteiger partial charge in [0.1, 0.15) is 28.6 Å². The van der Waals surface area contributed by atoms with E-state index in [1.54, 1.807) is 11.3 Å². The summed E-state index contributed by atoms with van der Waals surface area (Å²) in [5, 5.41) is 6.55. The molecule has 0 fully saturated rings. The van der Waals surface area contributed by atoms with E-state index in [0.717, 1.165) is 99.6 Å². The van der Waals surface area contributed by atoms with Crippen LogP contribution in [0.15, 0.2) is 220 Å². The van der Waals surface area contributed by atoms with E-state index in [2.05, 4.69) is 170 Å². The summed E-state index contributed by atoms with van der Waals surface area (Å²) in [4.78, 5) is 1.12. The van der Waals surface area contributed by atoms with Crippen LogP contribution in [0.4, 0.5) is 0 Å². The highest BCUT2D eigenvalue weighted by Gasteiger charge is 2.26. The van der Waals surface area contributed by atoms with E-state index in [1.165, 1.54) is 21.2 Å². The van der Waals surface area contributed by atoms with Crippen molar-refractivity contribution in [1.82, 2.24) is 0 Å². The molecule has 12 rings (SSSR count). The second-order valence-electron chi connectivity index (χ2n) is 15.1. The Morgan fingerprint density at radius 2 is 0.717 bits per heavy atom. The topological polar surface area (TPSA) is 39.4 Å². The van der Waals surface area contributed by atoms with Crippen LogP contribution < -0.4 is 0 Å². The van der Waals surface area contributed by atoms with E-state index in [-0.39, 0.29) is 0 Å². The highest BCUT2D eigenvalue weighted by Crippen LogP contribution is 2.52. The molecule has 0 N–H and O–H groups in total. The minimum atomic E-state index is 0.781. The predicted octanol–water partition coefficient (Wildman–Crippen LogP) is 16.8. The first kappa shape index (κ1) is 34.4. The first-order valence-corrected chi connectivity index (χ1v) is 21.0. The maximum absolute atomic E-state index is 6.96. The van der Waals surface area contributed by atoms with Crippen LogP contribution in [0.1, 0.15) is 0 Å². The van der Waals surface area contributed by atoms with Crippen LogP contribution >= 0.6 is 11.3 Å². The van der Waals surface area contributed by atoms with Gasteiger partial charge in [0.15, 0.2) is 5.76 Å². The summed E-state index contributed by atoms with van der Waals surface area (Å²) >= 11 is 1.80. The van der Waals surface area contributed by atoms with E-state index in [9.17, 15) is 0 Å². The highest BCUT2D eigenvalue weighted by molar-refractivity contribution is 7.23. The van der Waals surface area contributed by atoms with Gasteiger partial charge in [-0.25, -0.2) is 0 Å². The second-order valence-corrected chi connectivity index (χ2v) is 16.1. The number of thiophene rings is 1. The second kappa shape index (κ2) is 14.0. The molecule has 60 heavy (non-hydrogen) atoms. The molecule has 0 saturated carbocycles. The molecule has 3 nitrogen and oxygen atoms in total. The lowest BCUT2D eigenvalue weighted by molar-refractivity contribution is 0.597. The van der Waals surface area contributed by atoms with Gasteiger partial charge < -0.3 is 13.3 Å². The molecule has 282 valence electrons. The van der Waals surface area contributed by atoms with Crippen LogP contribution in [0.2, 0.25) is 0 Å². The third kappa shape index (κ3) is 5.49. The third-order valence-corrected chi connectivity index (χ3v) is 12.8. The van der Waals surface area contributed by atoms with Crippen LogP contribution in [0, 0.1) is 0 Å². The molecule has 12 aromatic rings. The molecule has 0 saturated heterocycles. The monoisotopic (exact) mass is 786 g/mol. The smallest absolute Gasteiger partial charge is 0.153 e. The Hall–Kier alpha value is -7.66. The van der Waals surface area contributed by atoms with Crippen molar-refractivity contribution >= 4 is 53.9 Å². The first-order valence-electron chi connectivity index (χ1n) is 20.2. The molecule has 0 unspecified atom stereocenters. The summed E-state index contributed by atoms with van der Waals surface area (Å²) < 4.78 is 21.8. The summed E-state index contributed by atoms with van der Waals surface area (Å²) in [5.74, 6) is 4.22.